The number of nitrogens with one attached hydrogen (secondary N) is 1. The quantitative estimate of drug-likeness (QED) is 0.936. The Morgan fingerprint density at radius 3 is 2.71 bits per heavy atom. The van der Waals surface area contributed by atoms with Crippen molar-refractivity contribution in [2.24, 2.45) is 0 Å². The first kappa shape index (κ1) is 12.0. The molecular weight excluding hydrogens is 278 g/mol. The molecule has 0 amide bonds. The number of aromatic nitrogens is 2. The van der Waals surface area contributed by atoms with Gasteiger partial charge in [0.25, 0.3) is 0 Å². The molecule has 0 aliphatic carbocycles. The average Bonchev–Trinajstić information content (AvgIpc) is 2.28. The molecule has 2 aromatic rings. The van der Waals surface area contributed by atoms with Gasteiger partial charge in [-0.2, -0.15) is 5.10 Å². The van der Waals surface area contributed by atoms with Crippen molar-refractivity contribution < 1.29 is 0 Å². The molecule has 1 N–H and O–H groups in total. The molecule has 0 saturated carbocycles. The first-order valence-corrected chi connectivity index (χ1v) is 6.29. The molecule has 0 saturated heterocycles. The van der Waals surface area contributed by atoms with Crippen molar-refractivity contribution in [3.8, 4) is 11.1 Å². The highest BCUT2D eigenvalue weighted by Crippen LogP contribution is 2.23. The summed E-state index contributed by atoms with van der Waals surface area (Å²) in [7, 11) is 0. The van der Waals surface area contributed by atoms with Crippen molar-refractivity contribution in [1.29, 1.82) is 0 Å². The minimum atomic E-state index is 0.349. The Kier molecular flexibility index (Phi) is 3.74. The number of halogens is 1. The second kappa shape index (κ2) is 5.27. The number of benzene rings is 1. The summed E-state index contributed by atoms with van der Waals surface area (Å²) in [5.41, 5.74) is 2.19. The summed E-state index contributed by atoms with van der Waals surface area (Å²) in [6.45, 7) is 4.15. The summed E-state index contributed by atoms with van der Waals surface area (Å²) in [6, 6.07) is 10.5. The normalized spacial score (nSPS) is 10.6. The van der Waals surface area contributed by atoms with Gasteiger partial charge in [-0.1, -0.05) is 28.1 Å². The van der Waals surface area contributed by atoms with Gasteiger partial charge in [0.05, 0.1) is 6.20 Å². The summed E-state index contributed by atoms with van der Waals surface area (Å²) in [4.78, 5) is 0. The maximum absolute atomic E-state index is 4.05. The lowest BCUT2D eigenvalue weighted by Gasteiger charge is -2.09. The number of hydrogen-bond acceptors (Lipinski definition) is 3. The van der Waals surface area contributed by atoms with Gasteiger partial charge < -0.3 is 5.32 Å². The molecule has 1 aromatic heterocycles. The van der Waals surface area contributed by atoms with E-state index in [1.165, 1.54) is 0 Å². The number of hydrogen-bond donors (Lipinski definition) is 1. The number of rotatable bonds is 3. The van der Waals surface area contributed by atoms with Gasteiger partial charge >= 0.3 is 0 Å². The van der Waals surface area contributed by atoms with Crippen LogP contribution in [0.5, 0.6) is 0 Å². The molecule has 3 nitrogen and oxygen atoms in total. The van der Waals surface area contributed by atoms with Gasteiger partial charge in [-0.05, 0) is 37.6 Å². The highest BCUT2D eigenvalue weighted by Gasteiger charge is 2.02. The minimum Gasteiger partial charge on any atom is -0.366 e. The van der Waals surface area contributed by atoms with Crippen molar-refractivity contribution in [1.82, 2.24) is 10.2 Å². The van der Waals surface area contributed by atoms with Crippen LogP contribution in [0.1, 0.15) is 13.8 Å². The summed E-state index contributed by atoms with van der Waals surface area (Å²) < 4.78 is 1.06. The lowest BCUT2D eigenvalue weighted by Crippen LogP contribution is -2.11. The second-order valence-corrected chi connectivity index (χ2v) is 5.05. The third-order valence-corrected chi connectivity index (χ3v) is 2.74. The third-order valence-electron chi connectivity index (χ3n) is 2.25. The molecule has 88 valence electrons. The molecule has 0 unspecified atom stereocenters. The Balaban J connectivity index is 2.33. The fraction of sp³-hybridized carbons (Fsp3) is 0.231. The maximum Gasteiger partial charge on any atom is 0.149 e. The monoisotopic (exact) mass is 291 g/mol. The molecule has 4 heteroatoms. The zero-order chi connectivity index (χ0) is 12.3. The second-order valence-electron chi connectivity index (χ2n) is 4.14. The van der Waals surface area contributed by atoms with E-state index >= 15 is 0 Å². The topological polar surface area (TPSA) is 37.8 Å². The fourth-order valence-electron chi connectivity index (χ4n) is 1.56. The lowest BCUT2D eigenvalue weighted by molar-refractivity contribution is 0.874. The molecule has 0 bridgehead atoms. The third kappa shape index (κ3) is 3.27. The van der Waals surface area contributed by atoms with Crippen LogP contribution in [0.25, 0.3) is 11.1 Å². The van der Waals surface area contributed by atoms with E-state index in [1.807, 2.05) is 18.2 Å². The SMILES string of the molecule is CC(C)Nc1cc(-c2cccc(Br)c2)cnn1. The van der Waals surface area contributed by atoms with Gasteiger partial charge in [-0.15, -0.1) is 5.10 Å². The highest BCUT2D eigenvalue weighted by atomic mass is 79.9. The first-order chi connectivity index (χ1) is 8.15. The predicted octanol–water partition coefficient (Wildman–Crippen LogP) is 3.73. The van der Waals surface area contributed by atoms with Gasteiger partial charge in [0.2, 0.25) is 0 Å². The first-order valence-electron chi connectivity index (χ1n) is 5.50. The molecular formula is C13H14BrN3. The molecule has 0 atom stereocenters. The Hall–Kier alpha value is -1.42. The van der Waals surface area contributed by atoms with Crippen LogP contribution in [0.2, 0.25) is 0 Å². The van der Waals surface area contributed by atoms with E-state index in [1.54, 1.807) is 6.20 Å². The molecule has 0 radical (unpaired) electrons. The summed E-state index contributed by atoms with van der Waals surface area (Å²) >= 11 is 3.47. The molecule has 1 heterocycles. The molecule has 0 aliphatic heterocycles. The van der Waals surface area contributed by atoms with Crippen molar-refractivity contribution in [2.45, 2.75) is 19.9 Å². The van der Waals surface area contributed by atoms with Crippen LogP contribution in [0.4, 0.5) is 5.82 Å². The lowest BCUT2D eigenvalue weighted by atomic mass is 10.1. The average molecular weight is 292 g/mol. The molecule has 17 heavy (non-hydrogen) atoms. The Bertz CT molecular complexity index is 512. The van der Waals surface area contributed by atoms with E-state index in [9.17, 15) is 0 Å². The fourth-order valence-corrected chi connectivity index (χ4v) is 1.96. The highest BCUT2D eigenvalue weighted by molar-refractivity contribution is 9.10. The Morgan fingerprint density at radius 1 is 1.18 bits per heavy atom. The van der Waals surface area contributed by atoms with Crippen LogP contribution in [0.15, 0.2) is 41.0 Å². The van der Waals surface area contributed by atoms with Gasteiger partial charge in [0, 0.05) is 16.1 Å². The summed E-state index contributed by atoms with van der Waals surface area (Å²) in [6.07, 6.45) is 1.77. The number of anilines is 1. The standard InChI is InChI=1S/C13H14BrN3/c1-9(2)16-13-7-11(8-15-17-13)10-4-3-5-12(14)6-10/h3-9H,1-2H3,(H,16,17). The smallest absolute Gasteiger partial charge is 0.149 e. The van der Waals surface area contributed by atoms with Crippen LogP contribution in [0.3, 0.4) is 0 Å². The molecule has 1 aromatic carbocycles. The van der Waals surface area contributed by atoms with E-state index in [0.717, 1.165) is 21.4 Å². The van der Waals surface area contributed by atoms with Gasteiger partial charge in [-0.3, -0.25) is 0 Å². The molecule has 0 spiro atoms. The Morgan fingerprint density at radius 2 is 2.00 bits per heavy atom. The summed E-state index contributed by atoms with van der Waals surface area (Å²) in [5, 5.41) is 11.3. The van der Waals surface area contributed by atoms with E-state index in [-0.39, 0.29) is 0 Å². The Labute approximate surface area is 109 Å². The zero-order valence-corrected chi connectivity index (χ0v) is 11.4. The number of nitrogens with zero attached hydrogens (tertiary/aromatic N) is 2. The van der Waals surface area contributed by atoms with Gasteiger partial charge in [-0.25, -0.2) is 0 Å². The van der Waals surface area contributed by atoms with Gasteiger partial charge in [0.15, 0.2) is 0 Å². The van der Waals surface area contributed by atoms with Crippen LogP contribution in [-0.4, -0.2) is 16.2 Å². The van der Waals surface area contributed by atoms with E-state index in [4.69, 9.17) is 0 Å². The van der Waals surface area contributed by atoms with Crippen LogP contribution in [0, 0.1) is 0 Å². The zero-order valence-electron chi connectivity index (χ0n) is 9.81. The minimum absolute atomic E-state index is 0.349. The molecule has 2 rings (SSSR count). The van der Waals surface area contributed by atoms with E-state index in [0.29, 0.717) is 6.04 Å². The van der Waals surface area contributed by atoms with Crippen molar-refractivity contribution in [3.05, 3.63) is 41.0 Å². The predicted molar refractivity (Wildman–Crippen MR) is 73.9 cm³/mol. The van der Waals surface area contributed by atoms with Crippen molar-refractivity contribution in [2.75, 3.05) is 5.32 Å². The molecule has 0 aliphatic rings. The van der Waals surface area contributed by atoms with E-state index in [2.05, 4.69) is 57.4 Å². The molecule has 0 fully saturated rings. The largest absolute Gasteiger partial charge is 0.366 e. The van der Waals surface area contributed by atoms with Crippen LogP contribution in [-0.2, 0) is 0 Å². The van der Waals surface area contributed by atoms with Crippen LogP contribution >= 0.6 is 15.9 Å². The van der Waals surface area contributed by atoms with Gasteiger partial charge in [0.1, 0.15) is 5.82 Å². The van der Waals surface area contributed by atoms with Crippen molar-refractivity contribution >= 4 is 21.7 Å². The van der Waals surface area contributed by atoms with Crippen molar-refractivity contribution in [3.63, 3.8) is 0 Å². The van der Waals surface area contributed by atoms with Crippen LogP contribution < -0.4 is 5.32 Å². The summed E-state index contributed by atoms with van der Waals surface area (Å²) in [5.74, 6) is 0.803. The maximum atomic E-state index is 4.05. The van der Waals surface area contributed by atoms with E-state index < -0.39 is 0 Å².